The number of halogens is 3. The van der Waals surface area contributed by atoms with Crippen molar-refractivity contribution < 1.29 is 25.2 Å². The van der Waals surface area contributed by atoms with Gasteiger partial charge in [-0.25, -0.2) is 3.63 Å². The first-order chi connectivity index (χ1) is 16.5. The molecule has 0 amide bonds. The Bertz CT molecular complexity index is 1350. The summed E-state index contributed by atoms with van der Waals surface area (Å²) in [5, 5.41) is 0. The molecule has 0 aliphatic carbocycles. The third-order valence-corrected chi connectivity index (χ3v) is 10.6. The Morgan fingerprint density at radius 1 is 0.571 bits per heavy atom. The van der Waals surface area contributed by atoms with Crippen LogP contribution in [0, 0.1) is 13.8 Å². The number of aryl methyl sites for hydroxylation is 2. The van der Waals surface area contributed by atoms with Crippen LogP contribution in [0.1, 0.15) is 16.7 Å². The maximum absolute atomic E-state index is 13.6. The molecule has 3 nitrogen and oxygen atoms in total. The highest BCUT2D eigenvalue weighted by atomic mass is 32.3. The topological polar surface area (TPSA) is 43.4 Å². The second kappa shape index (κ2) is 9.53. The Hall–Kier alpha value is -3.07. The molecule has 0 aromatic heterocycles. The quantitative estimate of drug-likeness (QED) is 0.261. The Labute approximate surface area is 204 Å². The zero-order valence-electron chi connectivity index (χ0n) is 19.0. The Kier molecular flexibility index (Phi) is 6.81. The summed E-state index contributed by atoms with van der Waals surface area (Å²) < 4.78 is 72.4. The van der Waals surface area contributed by atoms with Crippen LogP contribution in [0.25, 0.3) is 0 Å². The first kappa shape index (κ1) is 25.0. The maximum Gasteiger partial charge on any atom is 0.416 e. The maximum atomic E-state index is 13.6. The summed E-state index contributed by atoms with van der Waals surface area (Å²) in [4.78, 5) is 1.59. The molecule has 0 atom stereocenters. The van der Waals surface area contributed by atoms with E-state index in [4.69, 9.17) is 3.63 Å². The fourth-order valence-electron chi connectivity index (χ4n) is 3.58. The summed E-state index contributed by atoms with van der Waals surface area (Å²) in [6.45, 7) is 3.85. The SMILES string of the molecule is Cc1ccc(S(OS(=O)(=O)c2ccc(C(F)(F)F)cc2)(c2ccccc2)c2ccc(C)cc2)cc1. The molecule has 0 aliphatic heterocycles. The van der Waals surface area contributed by atoms with Crippen LogP contribution >= 0.6 is 10.3 Å². The highest BCUT2D eigenvalue weighted by Crippen LogP contribution is 2.70. The second-order valence-electron chi connectivity index (χ2n) is 8.04. The molecule has 0 spiro atoms. The van der Waals surface area contributed by atoms with E-state index >= 15 is 0 Å². The molecule has 0 saturated carbocycles. The van der Waals surface area contributed by atoms with Gasteiger partial charge in [-0.15, -0.1) is 0 Å². The van der Waals surface area contributed by atoms with Crippen molar-refractivity contribution in [2.24, 2.45) is 0 Å². The Morgan fingerprint density at radius 3 is 1.40 bits per heavy atom. The van der Waals surface area contributed by atoms with Gasteiger partial charge >= 0.3 is 16.3 Å². The van der Waals surface area contributed by atoms with E-state index in [9.17, 15) is 21.6 Å². The second-order valence-corrected chi connectivity index (χ2v) is 12.5. The molecular weight excluding hydrogens is 493 g/mol. The van der Waals surface area contributed by atoms with E-state index in [2.05, 4.69) is 0 Å². The molecule has 0 aliphatic rings. The fraction of sp³-hybridized carbons (Fsp3) is 0.111. The van der Waals surface area contributed by atoms with E-state index in [1.54, 1.807) is 24.3 Å². The standard InChI is InChI=1S/C27H23F3O3S2/c1-20-8-14-24(15-9-20)34(23-6-4-3-5-7-23,25-16-10-21(2)11-17-25)33-35(31,32)26-18-12-22(13-19-26)27(28,29)30/h3-19H,1-2H3. The largest absolute Gasteiger partial charge is 0.416 e. The third kappa shape index (κ3) is 5.15. The number of hydrogen-bond donors (Lipinski definition) is 0. The molecule has 4 aromatic carbocycles. The minimum atomic E-state index is -4.58. The highest BCUT2D eigenvalue weighted by Gasteiger charge is 2.38. The molecule has 0 bridgehead atoms. The van der Waals surface area contributed by atoms with Crippen molar-refractivity contribution in [2.45, 2.75) is 39.6 Å². The molecule has 4 rings (SSSR count). The van der Waals surface area contributed by atoms with Gasteiger partial charge in [0.15, 0.2) is 0 Å². The fourth-order valence-corrected chi connectivity index (χ4v) is 8.78. The van der Waals surface area contributed by atoms with Gasteiger partial charge in [0.1, 0.15) is 0 Å². The predicted octanol–water partition coefficient (Wildman–Crippen LogP) is 7.92. The summed E-state index contributed by atoms with van der Waals surface area (Å²) in [5.41, 5.74) is 1.05. The van der Waals surface area contributed by atoms with Gasteiger partial charge in [0.2, 0.25) is 0 Å². The van der Waals surface area contributed by atoms with Gasteiger partial charge in [-0.2, -0.15) is 21.6 Å². The minimum Gasteiger partial charge on any atom is -0.203 e. The molecule has 0 saturated heterocycles. The van der Waals surface area contributed by atoms with E-state index in [0.29, 0.717) is 14.7 Å². The smallest absolute Gasteiger partial charge is 0.203 e. The van der Waals surface area contributed by atoms with Gasteiger partial charge < -0.3 is 0 Å². The molecule has 8 heteroatoms. The molecule has 182 valence electrons. The molecule has 0 unspecified atom stereocenters. The first-order valence-electron chi connectivity index (χ1n) is 10.7. The van der Waals surface area contributed by atoms with Crippen molar-refractivity contribution in [3.05, 3.63) is 120 Å². The van der Waals surface area contributed by atoms with Crippen LogP contribution in [0.15, 0.2) is 123 Å². The lowest BCUT2D eigenvalue weighted by Crippen LogP contribution is -2.15. The average Bonchev–Trinajstić information content (AvgIpc) is 2.84. The van der Waals surface area contributed by atoms with Gasteiger partial charge in [-0.1, -0.05) is 53.6 Å². The summed E-state index contributed by atoms with van der Waals surface area (Å²) in [7, 11) is -7.30. The van der Waals surface area contributed by atoms with Crippen molar-refractivity contribution >= 4 is 20.4 Å². The molecule has 0 N–H and O–H groups in total. The summed E-state index contributed by atoms with van der Waals surface area (Å²) in [6.07, 6.45) is -4.58. The zero-order valence-corrected chi connectivity index (χ0v) is 20.6. The lowest BCUT2D eigenvalue weighted by Gasteiger charge is -2.39. The van der Waals surface area contributed by atoms with E-state index in [-0.39, 0.29) is 4.90 Å². The minimum absolute atomic E-state index is 0.350. The number of hydrogen-bond acceptors (Lipinski definition) is 3. The monoisotopic (exact) mass is 516 g/mol. The van der Waals surface area contributed by atoms with E-state index < -0.39 is 32.2 Å². The molecule has 0 fully saturated rings. The number of alkyl halides is 3. The Balaban J connectivity index is 1.95. The number of benzene rings is 4. The Morgan fingerprint density at radius 2 is 0.971 bits per heavy atom. The lowest BCUT2D eigenvalue weighted by atomic mass is 10.2. The normalized spacial score (nSPS) is 12.9. The molecular formula is C27H23F3O3S2. The van der Waals surface area contributed by atoms with Gasteiger partial charge in [0.05, 0.1) is 10.5 Å². The summed E-state index contributed by atoms with van der Waals surface area (Å²) >= 11 is 0. The van der Waals surface area contributed by atoms with Crippen LogP contribution in [-0.2, 0) is 19.9 Å². The zero-order chi connectivity index (χ0) is 25.3. The number of rotatable bonds is 6. The van der Waals surface area contributed by atoms with Crippen molar-refractivity contribution in [1.82, 2.24) is 0 Å². The highest BCUT2D eigenvalue weighted by molar-refractivity contribution is 8.33. The van der Waals surface area contributed by atoms with Crippen LogP contribution in [0.2, 0.25) is 0 Å². The van der Waals surface area contributed by atoms with E-state index in [1.165, 1.54) is 0 Å². The van der Waals surface area contributed by atoms with Gasteiger partial charge in [-0.05, 0) is 84.8 Å². The van der Waals surface area contributed by atoms with Crippen LogP contribution < -0.4 is 0 Å². The van der Waals surface area contributed by atoms with Gasteiger partial charge in [0.25, 0.3) is 0 Å². The van der Waals surface area contributed by atoms with Crippen LogP contribution in [0.3, 0.4) is 0 Å². The van der Waals surface area contributed by atoms with Crippen LogP contribution in [-0.4, -0.2) is 8.42 Å². The van der Waals surface area contributed by atoms with Crippen molar-refractivity contribution in [1.29, 1.82) is 0 Å². The summed E-state index contributed by atoms with van der Waals surface area (Å²) in [5.74, 6) is 0. The van der Waals surface area contributed by atoms with Gasteiger partial charge in [-0.3, -0.25) is 0 Å². The molecule has 4 aromatic rings. The van der Waals surface area contributed by atoms with Crippen LogP contribution in [0.4, 0.5) is 13.2 Å². The predicted molar refractivity (Wildman–Crippen MR) is 131 cm³/mol. The molecule has 0 radical (unpaired) electrons. The van der Waals surface area contributed by atoms with Gasteiger partial charge in [0, 0.05) is 14.7 Å². The third-order valence-electron chi connectivity index (χ3n) is 5.44. The average molecular weight is 517 g/mol. The first-order valence-corrected chi connectivity index (χ1v) is 13.6. The van der Waals surface area contributed by atoms with E-state index in [1.807, 2.05) is 68.4 Å². The van der Waals surface area contributed by atoms with Crippen molar-refractivity contribution in [2.75, 3.05) is 0 Å². The summed E-state index contributed by atoms with van der Waals surface area (Å²) in [6, 6.07) is 27.2. The van der Waals surface area contributed by atoms with Crippen molar-refractivity contribution in [3.63, 3.8) is 0 Å². The van der Waals surface area contributed by atoms with Crippen LogP contribution in [0.5, 0.6) is 0 Å². The van der Waals surface area contributed by atoms with E-state index in [0.717, 1.165) is 35.4 Å². The van der Waals surface area contributed by atoms with Crippen molar-refractivity contribution in [3.8, 4) is 0 Å². The molecule has 35 heavy (non-hydrogen) atoms. The lowest BCUT2D eigenvalue weighted by molar-refractivity contribution is -0.137. The molecule has 0 heterocycles.